The van der Waals surface area contributed by atoms with Crippen molar-refractivity contribution in [3.8, 4) is 5.75 Å². The number of methoxy groups -OCH3 is 1. The lowest BCUT2D eigenvalue weighted by atomic mass is 10.1. The van der Waals surface area contributed by atoms with Crippen molar-refractivity contribution >= 4 is 16.9 Å². The van der Waals surface area contributed by atoms with Gasteiger partial charge < -0.3 is 19.7 Å². The molecule has 7 nitrogen and oxygen atoms in total. The Hall–Kier alpha value is -2.26. The Labute approximate surface area is 219 Å². The van der Waals surface area contributed by atoms with Gasteiger partial charge in [-0.3, -0.25) is 4.79 Å². The van der Waals surface area contributed by atoms with Crippen LogP contribution in [0.5, 0.6) is 5.75 Å². The highest BCUT2D eigenvalue weighted by Gasteiger charge is 2.17. The van der Waals surface area contributed by atoms with Crippen LogP contribution >= 0.6 is 0 Å². The van der Waals surface area contributed by atoms with E-state index in [1.54, 1.807) is 30.4 Å². The zero-order valence-corrected chi connectivity index (χ0v) is 23.7. The van der Waals surface area contributed by atoms with Crippen molar-refractivity contribution in [3.63, 3.8) is 0 Å². The number of ether oxygens (including phenoxy) is 2. The van der Waals surface area contributed by atoms with Gasteiger partial charge in [0.1, 0.15) is 23.3 Å². The zero-order valence-electron chi connectivity index (χ0n) is 22.9. The number of rotatable bonds is 15. The van der Waals surface area contributed by atoms with Crippen LogP contribution in [0.3, 0.4) is 0 Å². The first-order chi connectivity index (χ1) is 17.2. The first-order valence-corrected chi connectivity index (χ1v) is 13.7. The molecule has 0 spiro atoms. The molecule has 0 saturated heterocycles. The molecule has 1 N–H and O–H groups in total. The van der Waals surface area contributed by atoms with Gasteiger partial charge in [0.15, 0.2) is 0 Å². The summed E-state index contributed by atoms with van der Waals surface area (Å²) in [6.45, 7) is 10.4. The number of hydrogen-bond donors (Lipinski definition) is 1. The lowest BCUT2D eigenvalue weighted by molar-refractivity contribution is -0.135. The average Bonchev–Trinajstić information content (AvgIpc) is 2.87. The second-order valence-electron chi connectivity index (χ2n) is 9.20. The maximum absolute atomic E-state index is 13.0. The second kappa shape index (κ2) is 15.1. The Morgan fingerprint density at radius 3 is 2.17 bits per heavy atom. The highest BCUT2D eigenvalue weighted by molar-refractivity contribution is 7.82. The van der Waals surface area contributed by atoms with Gasteiger partial charge in [0.2, 0.25) is 5.91 Å². The van der Waals surface area contributed by atoms with Crippen molar-refractivity contribution in [3.05, 3.63) is 58.7 Å². The number of carbonyl (C=O) groups excluding carboxylic acids is 1. The van der Waals surface area contributed by atoms with Gasteiger partial charge in [-0.05, 0) is 61.1 Å². The molecule has 1 atom stereocenters. The minimum absolute atomic E-state index is 0.00497. The van der Waals surface area contributed by atoms with Crippen LogP contribution in [0.4, 0.5) is 0 Å². The number of carbonyl (C=O) groups is 1. The lowest BCUT2D eigenvalue weighted by Crippen LogP contribution is -2.32. The summed E-state index contributed by atoms with van der Waals surface area (Å²) >= 11 is 0. The molecule has 0 aliphatic heterocycles. The molecule has 0 heterocycles. The molecule has 36 heavy (non-hydrogen) atoms. The Morgan fingerprint density at radius 2 is 1.61 bits per heavy atom. The van der Waals surface area contributed by atoms with Gasteiger partial charge in [-0.1, -0.05) is 38.1 Å². The van der Waals surface area contributed by atoms with Gasteiger partial charge >= 0.3 is 0 Å². The van der Waals surface area contributed by atoms with Gasteiger partial charge in [0.05, 0.1) is 18.6 Å². The fraction of sp³-hybridized carbons (Fsp3) is 0.536. The molecular weight excluding hydrogens is 474 g/mol. The molecule has 0 aliphatic rings. The Kier molecular flexibility index (Phi) is 12.6. The molecule has 1 amide bonds. The van der Waals surface area contributed by atoms with Crippen molar-refractivity contribution in [2.24, 2.45) is 0 Å². The zero-order chi connectivity index (χ0) is 26.7. The van der Waals surface area contributed by atoms with Crippen molar-refractivity contribution in [1.82, 2.24) is 14.5 Å². The molecule has 0 aliphatic carbocycles. The Balaban J connectivity index is 1.76. The van der Waals surface area contributed by atoms with E-state index in [1.165, 1.54) is 5.56 Å². The van der Waals surface area contributed by atoms with Crippen molar-refractivity contribution in [2.75, 3.05) is 41.0 Å². The molecule has 2 aromatic carbocycles. The summed E-state index contributed by atoms with van der Waals surface area (Å²) in [5.74, 6) is 0.671. The number of amides is 1. The summed E-state index contributed by atoms with van der Waals surface area (Å²) in [7, 11) is 3.88. The lowest BCUT2D eigenvalue weighted by Gasteiger charge is -2.20. The minimum Gasteiger partial charge on any atom is -0.497 e. The third-order valence-electron chi connectivity index (χ3n) is 6.35. The van der Waals surface area contributed by atoms with Crippen molar-refractivity contribution in [2.45, 2.75) is 64.6 Å². The molecule has 0 fully saturated rings. The predicted octanol–water partition coefficient (Wildman–Crippen LogP) is 4.22. The average molecular weight is 518 g/mol. The van der Waals surface area contributed by atoms with Crippen LogP contribution in [0.1, 0.15) is 48.9 Å². The van der Waals surface area contributed by atoms with Crippen molar-refractivity contribution in [1.29, 1.82) is 0 Å². The van der Waals surface area contributed by atoms with Crippen LogP contribution in [0.15, 0.2) is 41.3 Å². The summed E-state index contributed by atoms with van der Waals surface area (Å²) in [5.41, 5.74) is 4.16. The third kappa shape index (κ3) is 9.00. The standard InChI is InChI=1S/C28H43N3O4S/c1-8-25(9-2)29-18-23-10-12-24(13-11-23)19-30(5)27(32)20-35-15-14-31(6)36(33)28-21(3)16-26(34-7)17-22(28)4/h10-13,16-17,25,29H,8-9,14-15,18-20H2,1-7H3. The van der Waals surface area contributed by atoms with Gasteiger partial charge in [-0.25, -0.2) is 8.51 Å². The highest BCUT2D eigenvalue weighted by atomic mass is 32.2. The molecule has 0 bridgehead atoms. The van der Waals surface area contributed by atoms with E-state index in [-0.39, 0.29) is 12.5 Å². The molecule has 0 aromatic heterocycles. The van der Waals surface area contributed by atoms with Crippen molar-refractivity contribution < 1.29 is 18.5 Å². The summed E-state index contributed by atoms with van der Waals surface area (Å²) in [4.78, 5) is 15.0. The van der Waals surface area contributed by atoms with E-state index in [0.717, 1.165) is 46.7 Å². The fourth-order valence-electron chi connectivity index (χ4n) is 3.97. The Morgan fingerprint density at radius 1 is 1.03 bits per heavy atom. The Bertz CT molecular complexity index is 970. The maximum Gasteiger partial charge on any atom is 0.248 e. The molecule has 2 rings (SSSR count). The number of likely N-dealkylation sites (N-methyl/N-ethyl adjacent to an activating group) is 2. The van der Waals surface area contributed by atoms with E-state index in [4.69, 9.17) is 9.47 Å². The van der Waals surface area contributed by atoms with Gasteiger partial charge in [-0.15, -0.1) is 0 Å². The molecular formula is C28H43N3O4S. The summed E-state index contributed by atoms with van der Waals surface area (Å²) in [6.07, 6.45) is 2.25. The molecule has 1 unspecified atom stereocenters. The van der Waals surface area contributed by atoms with Gasteiger partial charge in [0, 0.05) is 39.8 Å². The summed E-state index contributed by atoms with van der Waals surface area (Å²) in [6, 6.07) is 12.7. The van der Waals surface area contributed by atoms with Gasteiger partial charge in [-0.2, -0.15) is 0 Å². The largest absolute Gasteiger partial charge is 0.497 e. The maximum atomic E-state index is 13.0. The normalized spacial score (nSPS) is 12.2. The van der Waals surface area contributed by atoms with Crippen LogP contribution < -0.4 is 10.1 Å². The molecule has 200 valence electrons. The highest BCUT2D eigenvalue weighted by Crippen LogP contribution is 2.25. The van der Waals surface area contributed by atoms with Crippen LogP contribution in [-0.2, 0) is 33.6 Å². The SMILES string of the molecule is CCC(CC)NCc1ccc(CN(C)C(=O)COCCN(C)S(=O)c2c(C)cc(OC)cc2C)cc1. The smallest absolute Gasteiger partial charge is 0.248 e. The van der Waals surface area contributed by atoms with Crippen LogP contribution in [-0.4, -0.2) is 66.3 Å². The fourth-order valence-corrected chi connectivity index (χ4v) is 5.19. The monoisotopic (exact) mass is 517 g/mol. The number of hydrogen-bond acceptors (Lipinski definition) is 5. The first-order valence-electron chi connectivity index (χ1n) is 12.6. The number of nitrogens with one attached hydrogen (secondary N) is 1. The second-order valence-corrected chi connectivity index (χ2v) is 10.7. The topological polar surface area (TPSA) is 71.1 Å². The van der Waals surface area contributed by atoms with Crippen LogP contribution in [0, 0.1) is 13.8 Å². The van der Waals surface area contributed by atoms with E-state index < -0.39 is 11.0 Å². The van der Waals surface area contributed by atoms with E-state index in [1.807, 2.05) is 26.0 Å². The first kappa shape index (κ1) is 30.0. The third-order valence-corrected chi connectivity index (χ3v) is 8.09. The predicted molar refractivity (Wildman–Crippen MR) is 146 cm³/mol. The summed E-state index contributed by atoms with van der Waals surface area (Å²) in [5, 5.41) is 3.57. The van der Waals surface area contributed by atoms with E-state index in [0.29, 0.717) is 25.7 Å². The van der Waals surface area contributed by atoms with Crippen LogP contribution in [0.25, 0.3) is 0 Å². The number of benzene rings is 2. The van der Waals surface area contributed by atoms with Gasteiger partial charge in [0.25, 0.3) is 0 Å². The molecule has 8 heteroatoms. The molecule has 2 aromatic rings. The molecule has 0 saturated carbocycles. The number of aryl methyl sites for hydroxylation is 2. The quantitative estimate of drug-likeness (QED) is 0.358. The summed E-state index contributed by atoms with van der Waals surface area (Å²) < 4.78 is 25.6. The minimum atomic E-state index is -1.32. The van der Waals surface area contributed by atoms with Crippen LogP contribution in [0.2, 0.25) is 0 Å². The van der Waals surface area contributed by atoms with E-state index >= 15 is 0 Å². The molecule has 0 radical (unpaired) electrons. The van der Waals surface area contributed by atoms with E-state index in [9.17, 15) is 9.00 Å². The van der Waals surface area contributed by atoms with E-state index in [2.05, 4.69) is 43.4 Å². The number of nitrogens with zero attached hydrogens (tertiary/aromatic N) is 2.